The lowest BCUT2D eigenvalue weighted by atomic mass is 10.1. The number of hydrogen-bond acceptors (Lipinski definition) is 6. The fourth-order valence-corrected chi connectivity index (χ4v) is 1.73. The van der Waals surface area contributed by atoms with E-state index in [1.807, 2.05) is 0 Å². The summed E-state index contributed by atoms with van der Waals surface area (Å²) in [6.45, 7) is 3.64. The summed E-state index contributed by atoms with van der Waals surface area (Å²) in [5, 5.41) is 11.8. The molecule has 7 heteroatoms. The maximum Gasteiger partial charge on any atom is 0.360 e. The first-order chi connectivity index (χ1) is 10.0. The van der Waals surface area contributed by atoms with E-state index in [1.54, 1.807) is 26.0 Å². The number of carbonyl (C=O) groups excluding carboxylic acids is 1. The molecule has 0 radical (unpaired) electrons. The van der Waals surface area contributed by atoms with Crippen LogP contribution in [0.2, 0.25) is 0 Å². The molecule has 1 aromatic carbocycles. The number of carboxylic acid groups (broad SMARTS) is 1. The normalized spacial score (nSPS) is 10.2. The van der Waals surface area contributed by atoms with Crippen molar-refractivity contribution in [1.29, 1.82) is 0 Å². The second-order valence-corrected chi connectivity index (χ2v) is 4.22. The molecule has 2 aromatic rings. The summed E-state index contributed by atoms with van der Waals surface area (Å²) in [6, 6.07) is 4.85. The maximum atomic E-state index is 11.4. The molecule has 0 saturated heterocycles. The molecule has 110 valence electrons. The third-order valence-corrected chi connectivity index (χ3v) is 2.70. The minimum absolute atomic E-state index is 0.0678. The minimum atomic E-state index is -0.986. The highest BCUT2D eigenvalue weighted by Crippen LogP contribution is 2.20. The van der Waals surface area contributed by atoms with Crippen LogP contribution in [0, 0.1) is 6.92 Å². The van der Waals surface area contributed by atoms with Crippen LogP contribution in [-0.2, 0) is 4.74 Å². The molecule has 0 aliphatic heterocycles. The number of aromatic carboxylic acids is 1. The van der Waals surface area contributed by atoms with Crippen LogP contribution in [-0.4, -0.2) is 28.6 Å². The molecule has 1 aromatic heterocycles. The van der Waals surface area contributed by atoms with Crippen molar-refractivity contribution >= 4 is 23.6 Å². The van der Waals surface area contributed by atoms with E-state index in [0.29, 0.717) is 11.3 Å². The molecule has 7 nitrogen and oxygen atoms in total. The van der Waals surface area contributed by atoms with Crippen LogP contribution in [0.5, 0.6) is 0 Å². The van der Waals surface area contributed by atoms with Gasteiger partial charge in [0.1, 0.15) is 6.26 Å². The average molecular weight is 290 g/mol. The summed E-state index contributed by atoms with van der Waals surface area (Å²) in [6.07, 6.45) is 1.19. The second kappa shape index (κ2) is 6.08. The summed E-state index contributed by atoms with van der Waals surface area (Å²) in [7, 11) is 0. The Morgan fingerprint density at radius 2 is 2.19 bits per heavy atom. The zero-order valence-electron chi connectivity index (χ0n) is 11.5. The van der Waals surface area contributed by atoms with Gasteiger partial charge in [0.05, 0.1) is 12.2 Å². The number of oxazole rings is 1. The summed E-state index contributed by atoms with van der Waals surface area (Å²) in [5.41, 5.74) is 1.50. The molecule has 0 aliphatic carbocycles. The third-order valence-electron chi connectivity index (χ3n) is 2.70. The molecule has 0 unspecified atom stereocenters. The van der Waals surface area contributed by atoms with Crippen LogP contribution in [0.4, 0.5) is 11.7 Å². The van der Waals surface area contributed by atoms with Gasteiger partial charge in [-0.15, -0.1) is 0 Å². The SMILES string of the molecule is CCOC(=O)c1coc(Nc2ccc(C(=O)O)c(C)c2)n1. The number of anilines is 2. The Bertz CT molecular complexity index is 678. The van der Waals surface area contributed by atoms with Crippen molar-refractivity contribution in [3.05, 3.63) is 41.3 Å². The second-order valence-electron chi connectivity index (χ2n) is 4.22. The summed E-state index contributed by atoms with van der Waals surface area (Å²) in [5.74, 6) is -1.55. The summed E-state index contributed by atoms with van der Waals surface area (Å²) < 4.78 is 9.91. The Hall–Kier alpha value is -2.83. The minimum Gasteiger partial charge on any atom is -0.478 e. The highest BCUT2D eigenvalue weighted by molar-refractivity contribution is 5.90. The van der Waals surface area contributed by atoms with Gasteiger partial charge in [-0.2, -0.15) is 4.98 Å². The van der Waals surface area contributed by atoms with Crippen LogP contribution in [0.25, 0.3) is 0 Å². The fourth-order valence-electron chi connectivity index (χ4n) is 1.73. The standard InChI is InChI=1S/C14H14N2O5/c1-3-20-13(19)11-7-21-14(16-11)15-9-4-5-10(12(17)18)8(2)6-9/h4-7H,3H2,1-2H3,(H,15,16)(H,17,18). The zero-order valence-corrected chi connectivity index (χ0v) is 11.5. The highest BCUT2D eigenvalue weighted by Gasteiger charge is 2.14. The van der Waals surface area contributed by atoms with Crippen LogP contribution < -0.4 is 5.32 Å². The van der Waals surface area contributed by atoms with Crippen LogP contribution in [0.1, 0.15) is 33.3 Å². The number of ether oxygens (including phenoxy) is 1. The fraction of sp³-hybridized carbons (Fsp3) is 0.214. The molecule has 0 bridgehead atoms. The zero-order chi connectivity index (χ0) is 15.4. The quantitative estimate of drug-likeness (QED) is 0.816. The number of nitrogens with zero attached hydrogens (tertiary/aromatic N) is 1. The van der Waals surface area contributed by atoms with Gasteiger partial charge in [-0.25, -0.2) is 9.59 Å². The van der Waals surface area contributed by atoms with Crippen molar-refractivity contribution in [1.82, 2.24) is 4.98 Å². The van der Waals surface area contributed by atoms with Crippen molar-refractivity contribution in [2.45, 2.75) is 13.8 Å². The predicted molar refractivity (Wildman–Crippen MR) is 73.9 cm³/mol. The molecule has 2 N–H and O–H groups in total. The molecule has 0 amide bonds. The number of hydrogen-bond donors (Lipinski definition) is 2. The number of aryl methyl sites for hydroxylation is 1. The van der Waals surface area contributed by atoms with Crippen LogP contribution in [0.3, 0.4) is 0 Å². The van der Waals surface area contributed by atoms with Crippen molar-refractivity contribution in [3.63, 3.8) is 0 Å². The third kappa shape index (κ3) is 3.38. The van der Waals surface area contributed by atoms with E-state index in [9.17, 15) is 9.59 Å². The maximum absolute atomic E-state index is 11.4. The number of rotatable bonds is 5. The van der Waals surface area contributed by atoms with Gasteiger partial charge in [-0.3, -0.25) is 0 Å². The predicted octanol–water partition coefficient (Wildman–Crippen LogP) is 2.60. The van der Waals surface area contributed by atoms with Gasteiger partial charge in [-0.05, 0) is 37.6 Å². The lowest BCUT2D eigenvalue weighted by Gasteiger charge is -2.05. The molecule has 2 rings (SSSR count). The lowest BCUT2D eigenvalue weighted by Crippen LogP contribution is -2.05. The van der Waals surface area contributed by atoms with E-state index in [1.165, 1.54) is 12.3 Å². The van der Waals surface area contributed by atoms with Gasteiger partial charge in [0.15, 0.2) is 5.69 Å². The molecule has 0 atom stereocenters. The van der Waals surface area contributed by atoms with Gasteiger partial charge in [0.25, 0.3) is 6.01 Å². The van der Waals surface area contributed by atoms with Crippen molar-refractivity contribution < 1.29 is 23.8 Å². The van der Waals surface area contributed by atoms with Gasteiger partial charge in [0.2, 0.25) is 0 Å². The van der Waals surface area contributed by atoms with Crippen molar-refractivity contribution in [2.75, 3.05) is 11.9 Å². The van der Waals surface area contributed by atoms with E-state index in [2.05, 4.69) is 10.3 Å². The molecule has 1 heterocycles. The molecule has 21 heavy (non-hydrogen) atoms. The molecule has 0 aliphatic rings. The largest absolute Gasteiger partial charge is 0.478 e. The average Bonchev–Trinajstić information content (AvgIpc) is 2.87. The molecular formula is C14H14N2O5. The monoisotopic (exact) mass is 290 g/mol. The van der Waals surface area contributed by atoms with E-state index in [0.717, 1.165) is 0 Å². The van der Waals surface area contributed by atoms with Gasteiger partial charge < -0.3 is 19.6 Å². The van der Waals surface area contributed by atoms with E-state index in [4.69, 9.17) is 14.3 Å². The number of nitrogens with one attached hydrogen (secondary N) is 1. The first kappa shape index (κ1) is 14.6. The Kier molecular flexibility index (Phi) is 4.22. The first-order valence-corrected chi connectivity index (χ1v) is 6.25. The van der Waals surface area contributed by atoms with E-state index >= 15 is 0 Å². The van der Waals surface area contributed by atoms with Gasteiger partial charge in [-0.1, -0.05) is 0 Å². The Labute approximate surface area is 120 Å². The molecular weight excluding hydrogens is 276 g/mol. The van der Waals surface area contributed by atoms with Gasteiger partial charge in [0, 0.05) is 5.69 Å². The molecule has 0 fully saturated rings. The topological polar surface area (TPSA) is 102 Å². The summed E-state index contributed by atoms with van der Waals surface area (Å²) >= 11 is 0. The Balaban J connectivity index is 2.14. The molecule has 0 saturated carbocycles. The number of carbonyl (C=O) groups is 2. The number of aromatic nitrogens is 1. The Morgan fingerprint density at radius 1 is 1.43 bits per heavy atom. The first-order valence-electron chi connectivity index (χ1n) is 6.25. The molecule has 0 spiro atoms. The smallest absolute Gasteiger partial charge is 0.360 e. The van der Waals surface area contributed by atoms with Crippen LogP contribution in [0.15, 0.2) is 28.9 Å². The van der Waals surface area contributed by atoms with E-state index in [-0.39, 0.29) is 23.9 Å². The van der Waals surface area contributed by atoms with Gasteiger partial charge >= 0.3 is 11.9 Å². The Morgan fingerprint density at radius 3 is 2.81 bits per heavy atom. The number of carboxylic acids is 1. The number of benzene rings is 1. The van der Waals surface area contributed by atoms with E-state index < -0.39 is 11.9 Å². The summed E-state index contributed by atoms with van der Waals surface area (Å²) in [4.78, 5) is 26.3. The van der Waals surface area contributed by atoms with Crippen LogP contribution >= 0.6 is 0 Å². The highest BCUT2D eigenvalue weighted by atomic mass is 16.5. The van der Waals surface area contributed by atoms with Crippen molar-refractivity contribution in [2.24, 2.45) is 0 Å². The lowest BCUT2D eigenvalue weighted by molar-refractivity contribution is 0.0519. The van der Waals surface area contributed by atoms with Crippen molar-refractivity contribution in [3.8, 4) is 0 Å². The number of esters is 1.